The highest BCUT2D eigenvalue weighted by molar-refractivity contribution is 5.40. The van der Waals surface area contributed by atoms with Crippen molar-refractivity contribution in [2.45, 2.75) is 25.3 Å². The van der Waals surface area contributed by atoms with Gasteiger partial charge in [0.25, 0.3) is 0 Å². The molecule has 2 aromatic rings. The molecule has 1 unspecified atom stereocenters. The Hall–Kier alpha value is -1.87. The number of aromatic nitrogens is 1. The summed E-state index contributed by atoms with van der Waals surface area (Å²) in [6, 6.07) is 11.1. The highest BCUT2D eigenvalue weighted by Gasteiger charge is 2.16. The highest BCUT2D eigenvalue weighted by atomic mass is 16.5. The van der Waals surface area contributed by atoms with Gasteiger partial charge in [-0.2, -0.15) is 0 Å². The van der Waals surface area contributed by atoms with Gasteiger partial charge in [0.15, 0.2) is 0 Å². The van der Waals surface area contributed by atoms with Crippen molar-refractivity contribution in [3.05, 3.63) is 59.4 Å². The number of pyridine rings is 1. The molecule has 0 amide bonds. The molecule has 0 aliphatic carbocycles. The Labute approximate surface area is 120 Å². The lowest BCUT2D eigenvalue weighted by Crippen LogP contribution is -2.17. The summed E-state index contributed by atoms with van der Waals surface area (Å²) >= 11 is 0. The number of aryl methyl sites for hydroxylation is 1. The summed E-state index contributed by atoms with van der Waals surface area (Å²) in [5.41, 5.74) is 3.97. The van der Waals surface area contributed by atoms with Crippen LogP contribution in [-0.4, -0.2) is 18.6 Å². The molecule has 3 heteroatoms. The molecule has 2 heterocycles. The third kappa shape index (κ3) is 2.83. The summed E-state index contributed by atoms with van der Waals surface area (Å²) < 4.78 is 5.57. The Balaban J connectivity index is 1.70. The van der Waals surface area contributed by atoms with Gasteiger partial charge < -0.3 is 10.1 Å². The van der Waals surface area contributed by atoms with Gasteiger partial charge in [-0.3, -0.25) is 4.98 Å². The number of ether oxygens (including phenoxy) is 1. The molecule has 1 N–H and O–H groups in total. The van der Waals surface area contributed by atoms with E-state index >= 15 is 0 Å². The number of benzene rings is 1. The van der Waals surface area contributed by atoms with Crippen molar-refractivity contribution in [1.82, 2.24) is 10.3 Å². The van der Waals surface area contributed by atoms with E-state index in [1.165, 1.54) is 16.7 Å². The Morgan fingerprint density at radius 2 is 2.30 bits per heavy atom. The van der Waals surface area contributed by atoms with Crippen LogP contribution in [0.15, 0.2) is 42.7 Å². The quantitative estimate of drug-likeness (QED) is 0.905. The molecule has 0 radical (unpaired) electrons. The predicted octanol–water partition coefficient (Wildman–Crippen LogP) is 2.91. The van der Waals surface area contributed by atoms with Gasteiger partial charge in [0.2, 0.25) is 0 Å². The van der Waals surface area contributed by atoms with Crippen molar-refractivity contribution in [3.8, 4) is 5.75 Å². The van der Waals surface area contributed by atoms with Crippen molar-refractivity contribution in [2.75, 3.05) is 13.7 Å². The molecule has 0 saturated heterocycles. The number of hydrogen-bond donors (Lipinski definition) is 1. The molecule has 1 aliphatic rings. The molecule has 0 bridgehead atoms. The first kappa shape index (κ1) is 13.1. The maximum atomic E-state index is 5.57. The fourth-order valence-corrected chi connectivity index (χ4v) is 2.76. The average molecular weight is 268 g/mol. The van der Waals surface area contributed by atoms with Crippen LogP contribution >= 0.6 is 0 Å². The third-order valence-electron chi connectivity index (χ3n) is 3.91. The lowest BCUT2D eigenvalue weighted by molar-refractivity contribution is 0.356. The lowest BCUT2D eigenvalue weighted by atomic mass is 9.97. The summed E-state index contributed by atoms with van der Waals surface area (Å²) in [5.74, 6) is 1.05. The predicted molar refractivity (Wildman–Crippen MR) is 80.0 cm³/mol. The minimum atomic E-state index is 0.376. The molecule has 0 fully saturated rings. The van der Waals surface area contributed by atoms with Gasteiger partial charge >= 0.3 is 0 Å². The van der Waals surface area contributed by atoms with Crippen LogP contribution in [0, 0.1) is 0 Å². The van der Waals surface area contributed by atoms with Crippen LogP contribution in [0.3, 0.4) is 0 Å². The minimum Gasteiger partial charge on any atom is -0.493 e. The summed E-state index contributed by atoms with van der Waals surface area (Å²) in [4.78, 5) is 4.17. The van der Waals surface area contributed by atoms with Crippen molar-refractivity contribution in [3.63, 3.8) is 0 Å². The molecule has 3 nitrogen and oxygen atoms in total. The summed E-state index contributed by atoms with van der Waals surface area (Å²) in [5, 5.41) is 3.42. The van der Waals surface area contributed by atoms with Crippen LogP contribution in [0.4, 0.5) is 0 Å². The first-order valence-corrected chi connectivity index (χ1v) is 7.18. The highest BCUT2D eigenvalue weighted by Crippen LogP contribution is 2.29. The van der Waals surface area contributed by atoms with Crippen LogP contribution in [0.25, 0.3) is 0 Å². The van der Waals surface area contributed by atoms with Gasteiger partial charge in [0.1, 0.15) is 5.75 Å². The molecule has 0 saturated carbocycles. The molecular weight excluding hydrogens is 248 g/mol. The van der Waals surface area contributed by atoms with Crippen LogP contribution in [0.2, 0.25) is 0 Å². The molecule has 20 heavy (non-hydrogen) atoms. The monoisotopic (exact) mass is 268 g/mol. The molecule has 1 atom stereocenters. The lowest BCUT2D eigenvalue weighted by Gasteiger charge is -2.17. The third-order valence-corrected chi connectivity index (χ3v) is 3.91. The molecule has 1 aromatic carbocycles. The maximum Gasteiger partial charge on any atom is 0.122 e. The molecule has 104 valence electrons. The topological polar surface area (TPSA) is 34.2 Å². The van der Waals surface area contributed by atoms with E-state index in [2.05, 4.69) is 34.6 Å². The molecule has 1 aliphatic heterocycles. The van der Waals surface area contributed by atoms with Crippen LogP contribution in [0.5, 0.6) is 5.75 Å². The molecule has 1 aromatic heterocycles. The number of nitrogens with one attached hydrogen (secondary N) is 1. The van der Waals surface area contributed by atoms with Crippen LogP contribution in [-0.2, 0) is 12.8 Å². The van der Waals surface area contributed by atoms with E-state index in [-0.39, 0.29) is 0 Å². The minimum absolute atomic E-state index is 0.376. The van der Waals surface area contributed by atoms with E-state index in [4.69, 9.17) is 4.74 Å². The van der Waals surface area contributed by atoms with Crippen molar-refractivity contribution < 1.29 is 4.74 Å². The van der Waals surface area contributed by atoms with Crippen molar-refractivity contribution >= 4 is 0 Å². The summed E-state index contributed by atoms with van der Waals surface area (Å²) in [7, 11) is 2.03. The normalized spacial score (nSPS) is 14.7. The van der Waals surface area contributed by atoms with Gasteiger partial charge in [-0.1, -0.05) is 18.2 Å². The average Bonchev–Trinajstić information content (AvgIpc) is 2.96. The van der Waals surface area contributed by atoms with Gasteiger partial charge in [-0.05, 0) is 48.7 Å². The van der Waals surface area contributed by atoms with Gasteiger partial charge in [0.05, 0.1) is 6.61 Å². The van der Waals surface area contributed by atoms with E-state index in [1.807, 2.05) is 25.5 Å². The van der Waals surface area contributed by atoms with Crippen LogP contribution < -0.4 is 10.1 Å². The second-order valence-corrected chi connectivity index (χ2v) is 5.21. The van der Waals surface area contributed by atoms with E-state index in [1.54, 1.807) is 0 Å². The van der Waals surface area contributed by atoms with Crippen molar-refractivity contribution in [2.24, 2.45) is 0 Å². The fourth-order valence-electron chi connectivity index (χ4n) is 2.76. The Morgan fingerprint density at radius 1 is 1.35 bits per heavy atom. The zero-order valence-electron chi connectivity index (χ0n) is 11.8. The van der Waals surface area contributed by atoms with Gasteiger partial charge in [0, 0.05) is 24.9 Å². The molecule has 0 spiro atoms. The van der Waals surface area contributed by atoms with Crippen LogP contribution in [0.1, 0.15) is 29.2 Å². The summed E-state index contributed by atoms with van der Waals surface area (Å²) in [6.07, 6.45) is 6.90. The Bertz CT molecular complexity index is 568. The zero-order chi connectivity index (χ0) is 13.8. The molecule has 3 rings (SSSR count). The number of hydrogen-bond acceptors (Lipinski definition) is 3. The van der Waals surface area contributed by atoms with Gasteiger partial charge in [-0.25, -0.2) is 0 Å². The second-order valence-electron chi connectivity index (χ2n) is 5.21. The van der Waals surface area contributed by atoms with E-state index < -0.39 is 0 Å². The maximum absolute atomic E-state index is 5.57. The smallest absolute Gasteiger partial charge is 0.122 e. The largest absolute Gasteiger partial charge is 0.493 e. The SMILES string of the molecule is CNC(CCc1cccnc1)c1ccc2c(c1)CCO2. The second kappa shape index (κ2) is 6.06. The van der Waals surface area contributed by atoms with E-state index in [9.17, 15) is 0 Å². The molecular formula is C17H20N2O. The fraction of sp³-hybridized carbons (Fsp3) is 0.353. The standard InChI is InChI=1S/C17H20N2O/c1-18-16(6-4-13-3-2-9-19-12-13)14-5-7-17-15(11-14)8-10-20-17/h2-3,5,7,9,11-12,16,18H,4,6,8,10H2,1H3. The van der Waals surface area contributed by atoms with E-state index in [0.29, 0.717) is 6.04 Å². The first-order valence-electron chi connectivity index (χ1n) is 7.18. The van der Waals surface area contributed by atoms with Crippen molar-refractivity contribution in [1.29, 1.82) is 0 Å². The number of fused-ring (bicyclic) bond motifs is 1. The zero-order valence-corrected chi connectivity index (χ0v) is 11.8. The summed E-state index contributed by atoms with van der Waals surface area (Å²) in [6.45, 7) is 0.818. The number of nitrogens with zero attached hydrogens (tertiary/aromatic N) is 1. The first-order chi connectivity index (χ1) is 9.86. The Kier molecular flexibility index (Phi) is 3.97. The number of rotatable bonds is 5. The van der Waals surface area contributed by atoms with E-state index in [0.717, 1.165) is 31.6 Å². The van der Waals surface area contributed by atoms with Gasteiger partial charge in [-0.15, -0.1) is 0 Å². The Morgan fingerprint density at radius 3 is 3.10 bits per heavy atom.